The van der Waals surface area contributed by atoms with E-state index >= 15 is 0 Å². The maximum atomic E-state index is 9.21. The largest absolute Gasteiger partial charge is 0.411 e. The van der Waals surface area contributed by atoms with Crippen LogP contribution in [0.3, 0.4) is 0 Å². The zero-order valence-electron chi connectivity index (χ0n) is 9.57. The SMILES string of the molecule is CC(C(=NO)C(C)c1nccs1)c1nccs1. The molecular weight excluding hydrogens is 254 g/mol. The predicted molar refractivity (Wildman–Crippen MR) is 70.3 cm³/mol. The Kier molecular flexibility index (Phi) is 3.86. The van der Waals surface area contributed by atoms with E-state index in [2.05, 4.69) is 15.1 Å². The average molecular weight is 267 g/mol. The van der Waals surface area contributed by atoms with Gasteiger partial charge in [0.25, 0.3) is 0 Å². The van der Waals surface area contributed by atoms with Crippen molar-refractivity contribution < 1.29 is 5.21 Å². The highest BCUT2D eigenvalue weighted by Crippen LogP contribution is 2.29. The predicted octanol–water partition coefficient (Wildman–Crippen LogP) is 3.34. The topological polar surface area (TPSA) is 58.4 Å². The molecule has 6 heteroatoms. The maximum Gasteiger partial charge on any atom is 0.101 e. The van der Waals surface area contributed by atoms with Gasteiger partial charge in [0.15, 0.2) is 0 Å². The molecule has 2 rings (SSSR count). The van der Waals surface area contributed by atoms with Crippen molar-refractivity contribution in [3.05, 3.63) is 33.2 Å². The van der Waals surface area contributed by atoms with E-state index in [-0.39, 0.29) is 11.8 Å². The third kappa shape index (κ3) is 2.53. The summed E-state index contributed by atoms with van der Waals surface area (Å²) >= 11 is 3.14. The monoisotopic (exact) mass is 267 g/mol. The molecule has 90 valence electrons. The Morgan fingerprint density at radius 1 is 1.12 bits per heavy atom. The highest BCUT2D eigenvalue weighted by molar-refractivity contribution is 7.10. The highest BCUT2D eigenvalue weighted by atomic mass is 32.1. The number of hydrogen-bond donors (Lipinski definition) is 1. The first kappa shape index (κ1) is 12.2. The van der Waals surface area contributed by atoms with E-state index in [0.29, 0.717) is 5.71 Å². The molecule has 0 radical (unpaired) electrons. The van der Waals surface area contributed by atoms with Gasteiger partial charge in [-0.25, -0.2) is 9.97 Å². The molecule has 2 heterocycles. The Morgan fingerprint density at radius 3 is 1.88 bits per heavy atom. The molecule has 2 aromatic heterocycles. The summed E-state index contributed by atoms with van der Waals surface area (Å²) in [5, 5.41) is 18.4. The molecule has 4 nitrogen and oxygen atoms in total. The van der Waals surface area contributed by atoms with Gasteiger partial charge in [-0.1, -0.05) is 19.0 Å². The van der Waals surface area contributed by atoms with Crippen molar-refractivity contribution in [2.45, 2.75) is 25.7 Å². The summed E-state index contributed by atoms with van der Waals surface area (Å²) in [6, 6.07) is 0. The summed E-state index contributed by atoms with van der Waals surface area (Å²) in [7, 11) is 0. The molecule has 2 aromatic rings. The van der Waals surface area contributed by atoms with Gasteiger partial charge in [0, 0.05) is 23.2 Å². The molecule has 1 N–H and O–H groups in total. The van der Waals surface area contributed by atoms with Crippen molar-refractivity contribution in [2.75, 3.05) is 0 Å². The number of nitrogens with zero attached hydrogens (tertiary/aromatic N) is 3. The fourth-order valence-electron chi connectivity index (χ4n) is 1.70. The van der Waals surface area contributed by atoms with E-state index in [9.17, 15) is 5.21 Å². The standard InChI is InChI=1S/C11H13N3OS2/c1-7(10-12-3-5-16-10)9(14-15)8(2)11-13-4-6-17-11/h3-8,15H,1-2H3. The van der Waals surface area contributed by atoms with Crippen LogP contribution in [0.15, 0.2) is 28.3 Å². The first-order valence-corrected chi connectivity index (χ1v) is 7.00. The van der Waals surface area contributed by atoms with Gasteiger partial charge in [-0.3, -0.25) is 0 Å². The zero-order valence-corrected chi connectivity index (χ0v) is 11.2. The quantitative estimate of drug-likeness (QED) is 0.525. The molecule has 0 fully saturated rings. The summed E-state index contributed by atoms with van der Waals surface area (Å²) in [4.78, 5) is 8.52. The minimum absolute atomic E-state index is 0.0129. The van der Waals surface area contributed by atoms with E-state index < -0.39 is 0 Å². The van der Waals surface area contributed by atoms with Crippen LogP contribution in [-0.2, 0) is 0 Å². The molecule has 0 aliphatic heterocycles. The molecule has 0 spiro atoms. The molecule has 17 heavy (non-hydrogen) atoms. The fourth-order valence-corrected chi connectivity index (χ4v) is 3.11. The van der Waals surface area contributed by atoms with Gasteiger partial charge in [-0.15, -0.1) is 22.7 Å². The van der Waals surface area contributed by atoms with Crippen LogP contribution in [0.1, 0.15) is 35.7 Å². The molecule has 0 aliphatic carbocycles. The molecule has 0 aliphatic rings. The lowest BCUT2D eigenvalue weighted by atomic mass is 9.95. The van der Waals surface area contributed by atoms with Crippen LogP contribution in [-0.4, -0.2) is 20.9 Å². The van der Waals surface area contributed by atoms with Crippen LogP contribution < -0.4 is 0 Å². The van der Waals surface area contributed by atoms with Gasteiger partial charge in [0.1, 0.15) is 10.0 Å². The summed E-state index contributed by atoms with van der Waals surface area (Å²) in [5.74, 6) is 0.0257. The lowest BCUT2D eigenvalue weighted by molar-refractivity contribution is 0.314. The second-order valence-electron chi connectivity index (χ2n) is 3.71. The third-order valence-corrected chi connectivity index (χ3v) is 4.56. The number of hydrogen-bond acceptors (Lipinski definition) is 6. The summed E-state index contributed by atoms with van der Waals surface area (Å²) < 4.78 is 0. The van der Waals surface area contributed by atoms with Crippen LogP contribution in [0, 0.1) is 0 Å². The molecule has 2 atom stereocenters. The third-order valence-electron chi connectivity index (χ3n) is 2.65. The van der Waals surface area contributed by atoms with E-state index in [1.54, 1.807) is 35.1 Å². The van der Waals surface area contributed by atoms with Crippen molar-refractivity contribution >= 4 is 28.4 Å². The molecule has 0 aromatic carbocycles. The van der Waals surface area contributed by atoms with Gasteiger partial charge in [0.05, 0.1) is 17.5 Å². The van der Waals surface area contributed by atoms with Crippen molar-refractivity contribution in [3.63, 3.8) is 0 Å². The second kappa shape index (κ2) is 5.37. The molecule has 0 saturated heterocycles. The number of thiazole rings is 2. The van der Waals surface area contributed by atoms with Gasteiger partial charge >= 0.3 is 0 Å². The number of oxime groups is 1. The maximum absolute atomic E-state index is 9.21. The molecule has 0 amide bonds. The molecule has 0 bridgehead atoms. The second-order valence-corrected chi connectivity index (χ2v) is 5.56. The van der Waals surface area contributed by atoms with Gasteiger partial charge in [-0.2, -0.15) is 0 Å². The lowest BCUT2D eigenvalue weighted by Crippen LogP contribution is -2.17. The minimum atomic E-state index is 0.0129. The lowest BCUT2D eigenvalue weighted by Gasteiger charge is -2.15. The molecule has 2 unspecified atom stereocenters. The Bertz CT molecular complexity index is 437. The van der Waals surface area contributed by atoms with Crippen molar-refractivity contribution in [1.29, 1.82) is 0 Å². The van der Waals surface area contributed by atoms with Gasteiger partial charge in [0.2, 0.25) is 0 Å². The molecule has 0 saturated carbocycles. The Morgan fingerprint density at radius 2 is 1.59 bits per heavy atom. The number of rotatable bonds is 4. The van der Waals surface area contributed by atoms with Crippen LogP contribution >= 0.6 is 22.7 Å². The number of aromatic nitrogens is 2. The molecular formula is C11H13N3OS2. The van der Waals surface area contributed by atoms with Crippen molar-refractivity contribution in [1.82, 2.24) is 9.97 Å². The first-order valence-electron chi connectivity index (χ1n) is 5.24. The Hall–Kier alpha value is -1.27. The van der Waals surface area contributed by atoms with E-state index in [4.69, 9.17) is 0 Å². The van der Waals surface area contributed by atoms with E-state index in [1.165, 1.54) is 0 Å². The smallest absolute Gasteiger partial charge is 0.101 e. The highest BCUT2D eigenvalue weighted by Gasteiger charge is 2.24. The summed E-state index contributed by atoms with van der Waals surface area (Å²) in [6.45, 7) is 4.00. The van der Waals surface area contributed by atoms with E-state index in [0.717, 1.165) is 10.0 Å². The Labute approximate surface area is 108 Å². The van der Waals surface area contributed by atoms with Crippen molar-refractivity contribution in [2.24, 2.45) is 5.16 Å². The van der Waals surface area contributed by atoms with Crippen LogP contribution in [0.25, 0.3) is 0 Å². The fraction of sp³-hybridized carbons (Fsp3) is 0.364. The zero-order chi connectivity index (χ0) is 12.3. The van der Waals surface area contributed by atoms with Gasteiger partial charge < -0.3 is 5.21 Å². The van der Waals surface area contributed by atoms with E-state index in [1.807, 2.05) is 24.6 Å². The van der Waals surface area contributed by atoms with Crippen molar-refractivity contribution in [3.8, 4) is 0 Å². The Balaban J connectivity index is 2.23. The first-order chi connectivity index (χ1) is 8.24. The average Bonchev–Trinajstić information content (AvgIpc) is 3.03. The van der Waals surface area contributed by atoms with Crippen LogP contribution in [0.5, 0.6) is 0 Å². The van der Waals surface area contributed by atoms with Gasteiger partial charge in [-0.05, 0) is 0 Å². The summed E-state index contributed by atoms with van der Waals surface area (Å²) in [6.07, 6.45) is 3.53. The van der Waals surface area contributed by atoms with Crippen LogP contribution in [0.4, 0.5) is 0 Å². The summed E-state index contributed by atoms with van der Waals surface area (Å²) in [5.41, 5.74) is 0.704. The van der Waals surface area contributed by atoms with Crippen LogP contribution in [0.2, 0.25) is 0 Å². The minimum Gasteiger partial charge on any atom is -0.411 e. The normalized spacial score (nSPS) is 14.2.